The Bertz CT molecular complexity index is 547. The van der Waals surface area contributed by atoms with E-state index in [0.717, 1.165) is 51.2 Å². The Morgan fingerprint density at radius 2 is 2.09 bits per heavy atom. The topological polar surface area (TPSA) is 52.9 Å². The Hall–Kier alpha value is -0.880. The van der Waals surface area contributed by atoms with Gasteiger partial charge in [-0.1, -0.05) is 13.8 Å². The molecule has 1 aromatic rings. The first-order valence-corrected chi connectivity index (χ1v) is 8.75. The highest BCUT2D eigenvalue weighted by atomic mass is 16.7. The molecule has 0 saturated carbocycles. The van der Waals surface area contributed by atoms with Crippen molar-refractivity contribution in [1.29, 1.82) is 0 Å². The standard InChI is InChI=1S/C18H27NO4/c1-17(2)9-15(14-3-6-21-16(14)10-17)19-11-13-12-22-18(23-13)4-7-20-8-5-18/h3,6,13,15,19H,4-5,7-12H2,1-2H3/t13-,15-/m0/s1. The zero-order valence-electron chi connectivity index (χ0n) is 14.1. The van der Waals surface area contributed by atoms with E-state index < -0.39 is 5.79 Å². The maximum atomic E-state index is 6.21. The highest BCUT2D eigenvalue weighted by Gasteiger charge is 2.43. The van der Waals surface area contributed by atoms with Crippen LogP contribution < -0.4 is 5.32 Å². The second kappa shape index (κ2) is 5.88. The molecule has 3 aliphatic rings. The second-order valence-electron chi connectivity index (χ2n) is 7.88. The second-order valence-corrected chi connectivity index (χ2v) is 7.88. The first kappa shape index (κ1) is 15.6. The third kappa shape index (κ3) is 3.20. The molecule has 0 amide bonds. The molecule has 5 heteroatoms. The number of hydrogen-bond acceptors (Lipinski definition) is 5. The van der Waals surface area contributed by atoms with E-state index >= 15 is 0 Å². The van der Waals surface area contributed by atoms with E-state index in [9.17, 15) is 0 Å². The first-order chi connectivity index (χ1) is 11.1. The van der Waals surface area contributed by atoms with Crippen molar-refractivity contribution in [3.05, 3.63) is 23.7 Å². The van der Waals surface area contributed by atoms with Gasteiger partial charge in [0.1, 0.15) is 5.76 Å². The van der Waals surface area contributed by atoms with Crippen molar-refractivity contribution in [1.82, 2.24) is 5.32 Å². The predicted octanol–water partition coefficient (Wildman–Crippen LogP) is 2.80. The lowest BCUT2D eigenvalue weighted by molar-refractivity contribution is -0.210. The molecule has 1 N–H and O–H groups in total. The average molecular weight is 321 g/mol. The van der Waals surface area contributed by atoms with Gasteiger partial charge in [-0.3, -0.25) is 0 Å². The zero-order chi connectivity index (χ0) is 15.9. The number of ether oxygens (including phenoxy) is 3. The molecule has 2 atom stereocenters. The van der Waals surface area contributed by atoms with Gasteiger partial charge in [-0.15, -0.1) is 0 Å². The van der Waals surface area contributed by atoms with Gasteiger partial charge in [0.15, 0.2) is 5.79 Å². The van der Waals surface area contributed by atoms with E-state index in [2.05, 4.69) is 25.2 Å². The Morgan fingerprint density at radius 1 is 1.26 bits per heavy atom. The van der Waals surface area contributed by atoms with Crippen LogP contribution in [0.3, 0.4) is 0 Å². The highest BCUT2D eigenvalue weighted by Crippen LogP contribution is 2.41. The van der Waals surface area contributed by atoms with Crippen LogP contribution in [0, 0.1) is 5.41 Å². The SMILES string of the molecule is CC1(C)Cc2occc2[C@@H](NC[C@H]2COC3(CCOCC3)O2)C1. The molecule has 5 nitrogen and oxygen atoms in total. The molecular formula is C18H27NO4. The molecule has 2 fully saturated rings. The first-order valence-electron chi connectivity index (χ1n) is 8.75. The van der Waals surface area contributed by atoms with Crippen molar-refractivity contribution in [2.24, 2.45) is 5.41 Å². The fourth-order valence-electron chi connectivity index (χ4n) is 4.09. The fraction of sp³-hybridized carbons (Fsp3) is 0.778. The molecule has 0 bridgehead atoms. The summed E-state index contributed by atoms with van der Waals surface area (Å²) in [5.74, 6) is 0.736. The summed E-state index contributed by atoms with van der Waals surface area (Å²) in [7, 11) is 0. The summed E-state index contributed by atoms with van der Waals surface area (Å²) in [5.41, 5.74) is 1.57. The van der Waals surface area contributed by atoms with Gasteiger partial charge >= 0.3 is 0 Å². The van der Waals surface area contributed by atoms with E-state index in [0.29, 0.717) is 12.6 Å². The fourth-order valence-corrected chi connectivity index (χ4v) is 4.09. The van der Waals surface area contributed by atoms with Crippen LogP contribution in [-0.4, -0.2) is 38.3 Å². The molecule has 1 aromatic heterocycles. The molecule has 0 aromatic carbocycles. The van der Waals surface area contributed by atoms with E-state index in [1.807, 2.05) is 6.26 Å². The summed E-state index contributed by atoms with van der Waals surface area (Å²) < 4.78 is 23.3. The van der Waals surface area contributed by atoms with Crippen LogP contribution in [0.25, 0.3) is 0 Å². The number of hydrogen-bond donors (Lipinski definition) is 1. The molecule has 23 heavy (non-hydrogen) atoms. The Kier molecular flexibility index (Phi) is 4.00. The minimum absolute atomic E-state index is 0.119. The number of rotatable bonds is 3. The van der Waals surface area contributed by atoms with Crippen LogP contribution in [0.5, 0.6) is 0 Å². The molecular weight excluding hydrogens is 294 g/mol. The number of nitrogens with one attached hydrogen (secondary N) is 1. The molecule has 3 heterocycles. The van der Waals surface area contributed by atoms with Crippen molar-refractivity contribution < 1.29 is 18.6 Å². The lowest BCUT2D eigenvalue weighted by Crippen LogP contribution is -2.40. The summed E-state index contributed by atoms with van der Waals surface area (Å²) in [6.07, 6.45) is 5.74. The van der Waals surface area contributed by atoms with Crippen LogP contribution >= 0.6 is 0 Å². The summed E-state index contributed by atoms with van der Waals surface area (Å²) in [5, 5.41) is 3.69. The summed E-state index contributed by atoms with van der Waals surface area (Å²) in [6.45, 7) is 7.55. The van der Waals surface area contributed by atoms with Crippen molar-refractivity contribution in [2.75, 3.05) is 26.4 Å². The van der Waals surface area contributed by atoms with E-state index in [1.165, 1.54) is 5.56 Å². The van der Waals surface area contributed by atoms with Gasteiger partial charge in [-0.2, -0.15) is 0 Å². The number of furan rings is 1. The Labute approximate surface area is 137 Å². The normalized spacial score (nSPS) is 32.1. The van der Waals surface area contributed by atoms with Gasteiger partial charge in [-0.25, -0.2) is 0 Å². The monoisotopic (exact) mass is 321 g/mol. The zero-order valence-corrected chi connectivity index (χ0v) is 14.1. The van der Waals surface area contributed by atoms with Crippen LogP contribution in [0.2, 0.25) is 0 Å². The van der Waals surface area contributed by atoms with Crippen molar-refractivity contribution in [3.8, 4) is 0 Å². The van der Waals surface area contributed by atoms with Gasteiger partial charge in [-0.05, 0) is 17.9 Å². The van der Waals surface area contributed by atoms with Gasteiger partial charge in [0.2, 0.25) is 0 Å². The van der Waals surface area contributed by atoms with Crippen LogP contribution in [-0.2, 0) is 20.6 Å². The lowest BCUT2D eigenvalue weighted by atomic mass is 9.75. The summed E-state index contributed by atoms with van der Waals surface area (Å²) >= 11 is 0. The molecule has 2 saturated heterocycles. The maximum Gasteiger partial charge on any atom is 0.173 e. The largest absolute Gasteiger partial charge is 0.469 e. The molecule has 1 spiro atoms. The molecule has 2 aliphatic heterocycles. The smallest absolute Gasteiger partial charge is 0.173 e. The van der Waals surface area contributed by atoms with Crippen LogP contribution in [0.15, 0.2) is 16.7 Å². The minimum Gasteiger partial charge on any atom is -0.469 e. The van der Waals surface area contributed by atoms with Crippen molar-refractivity contribution in [2.45, 2.75) is 57.5 Å². The third-order valence-electron chi connectivity index (χ3n) is 5.31. The van der Waals surface area contributed by atoms with E-state index in [4.69, 9.17) is 18.6 Å². The van der Waals surface area contributed by atoms with Gasteiger partial charge in [0, 0.05) is 37.4 Å². The molecule has 1 aliphatic carbocycles. The van der Waals surface area contributed by atoms with E-state index in [-0.39, 0.29) is 11.5 Å². The predicted molar refractivity (Wildman–Crippen MR) is 85.2 cm³/mol. The van der Waals surface area contributed by atoms with Gasteiger partial charge in [0.25, 0.3) is 0 Å². The average Bonchev–Trinajstić information content (AvgIpc) is 3.12. The summed E-state index contributed by atoms with van der Waals surface area (Å²) in [4.78, 5) is 0. The third-order valence-corrected chi connectivity index (χ3v) is 5.31. The quantitative estimate of drug-likeness (QED) is 0.928. The molecule has 4 rings (SSSR count). The summed E-state index contributed by atoms with van der Waals surface area (Å²) in [6, 6.07) is 2.44. The van der Waals surface area contributed by atoms with Gasteiger partial charge in [0.05, 0.1) is 32.2 Å². The lowest BCUT2D eigenvalue weighted by Gasteiger charge is -2.35. The van der Waals surface area contributed by atoms with Gasteiger partial charge < -0.3 is 23.9 Å². The van der Waals surface area contributed by atoms with Crippen molar-refractivity contribution in [3.63, 3.8) is 0 Å². The van der Waals surface area contributed by atoms with Crippen LogP contribution in [0.4, 0.5) is 0 Å². The number of fused-ring (bicyclic) bond motifs is 1. The van der Waals surface area contributed by atoms with Crippen molar-refractivity contribution >= 4 is 0 Å². The molecule has 0 unspecified atom stereocenters. The highest BCUT2D eigenvalue weighted by molar-refractivity contribution is 5.26. The Balaban J connectivity index is 1.37. The van der Waals surface area contributed by atoms with E-state index in [1.54, 1.807) is 0 Å². The maximum absolute atomic E-state index is 6.21. The van der Waals surface area contributed by atoms with Crippen LogP contribution in [0.1, 0.15) is 50.5 Å². The molecule has 0 radical (unpaired) electrons. The molecule has 128 valence electrons. The minimum atomic E-state index is -0.392. The Morgan fingerprint density at radius 3 is 2.91 bits per heavy atom.